The van der Waals surface area contributed by atoms with Crippen molar-refractivity contribution in [1.29, 1.82) is 0 Å². The van der Waals surface area contributed by atoms with Crippen LogP contribution in [0.25, 0.3) is 22.3 Å². The molecule has 1 fully saturated rings. The molecule has 0 radical (unpaired) electrons. The molecule has 2 N–H and O–H groups in total. The summed E-state index contributed by atoms with van der Waals surface area (Å²) < 4.78 is 52.2. The lowest BCUT2D eigenvalue weighted by molar-refractivity contribution is -0.121. The van der Waals surface area contributed by atoms with Crippen molar-refractivity contribution in [3.05, 3.63) is 59.1 Å². The molecule has 1 aliphatic heterocycles. The van der Waals surface area contributed by atoms with Gasteiger partial charge in [-0.3, -0.25) is 5.10 Å². The van der Waals surface area contributed by atoms with Gasteiger partial charge in [0.15, 0.2) is 22.9 Å². The summed E-state index contributed by atoms with van der Waals surface area (Å²) in [6, 6.07) is 9.68. The van der Waals surface area contributed by atoms with E-state index < -0.39 is 17.3 Å². The Morgan fingerprint density at radius 3 is 2.69 bits per heavy atom. The zero-order valence-corrected chi connectivity index (χ0v) is 17.1. The Morgan fingerprint density at radius 2 is 1.97 bits per heavy atom. The number of aromatic nitrogens is 4. The molecular weight excluding hydrogens is 447 g/mol. The van der Waals surface area contributed by atoms with E-state index in [1.165, 1.54) is 0 Å². The number of hydrogen-bond donors (Lipinski definition) is 2. The van der Waals surface area contributed by atoms with Gasteiger partial charge in [0.25, 0.3) is 0 Å². The van der Waals surface area contributed by atoms with E-state index >= 15 is 0 Å². The van der Waals surface area contributed by atoms with Gasteiger partial charge in [-0.05, 0) is 18.2 Å². The zero-order chi connectivity index (χ0) is 22.3. The molecule has 0 bridgehead atoms. The molecule has 0 atom stereocenters. The maximum absolute atomic E-state index is 14.6. The summed E-state index contributed by atoms with van der Waals surface area (Å²) in [6.07, 6.45) is 0. The Balaban J connectivity index is 1.58. The highest BCUT2D eigenvalue weighted by atomic mass is 35.5. The molecule has 1 aliphatic rings. The van der Waals surface area contributed by atoms with Gasteiger partial charge in [0.05, 0.1) is 30.2 Å². The SMILES string of the molecule is Fc1ccc(Oc2nc(NCC3(F)COC3)c3c(-c4ccccc4Cl)n[nH]c3n2)c(F)c1. The van der Waals surface area contributed by atoms with Gasteiger partial charge >= 0.3 is 6.01 Å². The highest BCUT2D eigenvalue weighted by Crippen LogP contribution is 2.36. The van der Waals surface area contributed by atoms with E-state index in [0.29, 0.717) is 27.7 Å². The fourth-order valence-corrected chi connectivity index (χ4v) is 3.48. The van der Waals surface area contributed by atoms with Gasteiger partial charge in [0.1, 0.15) is 17.3 Å². The summed E-state index contributed by atoms with van der Waals surface area (Å²) in [5, 5.41) is 10.9. The third-order valence-corrected chi connectivity index (χ3v) is 5.25. The van der Waals surface area contributed by atoms with Crippen molar-refractivity contribution >= 4 is 28.5 Å². The maximum Gasteiger partial charge on any atom is 0.326 e. The molecule has 32 heavy (non-hydrogen) atoms. The number of alkyl halides is 1. The molecule has 7 nitrogen and oxygen atoms in total. The lowest BCUT2D eigenvalue weighted by Crippen LogP contribution is -2.50. The van der Waals surface area contributed by atoms with Crippen molar-refractivity contribution in [2.45, 2.75) is 5.67 Å². The van der Waals surface area contributed by atoms with Crippen LogP contribution in [0.15, 0.2) is 42.5 Å². The Labute approximate surface area is 184 Å². The summed E-state index contributed by atoms with van der Waals surface area (Å²) in [6.45, 7) is -0.168. The average molecular weight is 462 g/mol. The van der Waals surface area contributed by atoms with Gasteiger partial charge in [-0.25, -0.2) is 13.2 Å². The van der Waals surface area contributed by atoms with E-state index in [0.717, 1.165) is 12.1 Å². The summed E-state index contributed by atoms with van der Waals surface area (Å²) in [5.74, 6) is -1.72. The van der Waals surface area contributed by atoms with E-state index in [4.69, 9.17) is 21.1 Å². The van der Waals surface area contributed by atoms with Crippen LogP contribution in [0.4, 0.5) is 19.0 Å². The first-order valence-electron chi connectivity index (χ1n) is 9.56. The molecule has 0 amide bonds. The smallest absolute Gasteiger partial charge is 0.326 e. The largest absolute Gasteiger partial charge is 0.421 e. The third kappa shape index (κ3) is 3.82. The highest BCUT2D eigenvalue weighted by molar-refractivity contribution is 6.33. The number of hydrogen-bond acceptors (Lipinski definition) is 6. The monoisotopic (exact) mass is 461 g/mol. The first-order chi connectivity index (χ1) is 15.4. The van der Waals surface area contributed by atoms with E-state index in [1.54, 1.807) is 24.3 Å². The summed E-state index contributed by atoms with van der Waals surface area (Å²) in [4.78, 5) is 8.53. The quantitative estimate of drug-likeness (QED) is 0.425. The molecule has 164 valence electrons. The second kappa shape index (κ2) is 7.95. The van der Waals surface area contributed by atoms with Gasteiger partial charge in [-0.15, -0.1) is 0 Å². The Bertz CT molecular complexity index is 1310. The Hall–Kier alpha value is -3.37. The summed E-state index contributed by atoms with van der Waals surface area (Å²) >= 11 is 6.33. The van der Waals surface area contributed by atoms with E-state index in [-0.39, 0.29) is 43.0 Å². The van der Waals surface area contributed by atoms with Crippen molar-refractivity contribution in [2.24, 2.45) is 0 Å². The van der Waals surface area contributed by atoms with Crippen molar-refractivity contribution in [3.63, 3.8) is 0 Å². The molecule has 1 saturated heterocycles. The van der Waals surface area contributed by atoms with Crippen LogP contribution in [0.2, 0.25) is 5.02 Å². The summed E-state index contributed by atoms with van der Waals surface area (Å²) in [7, 11) is 0. The lowest BCUT2D eigenvalue weighted by atomic mass is 10.0. The first kappa shape index (κ1) is 20.5. The molecule has 2 aromatic heterocycles. The standard InChI is InChI=1S/C21H15ClF3N5O2/c22-13-4-2-1-3-12(13)17-16-18(26-8-21(25)9-31-10-21)27-20(28-19(16)30-29-17)32-15-6-5-11(23)7-14(15)24/h1-7H,8-10H2,(H2,26,27,28,29,30). The molecule has 2 aromatic carbocycles. The Kier molecular flexibility index (Phi) is 5.10. The van der Waals surface area contributed by atoms with Crippen LogP contribution in [0.1, 0.15) is 0 Å². The highest BCUT2D eigenvalue weighted by Gasteiger charge is 2.39. The van der Waals surface area contributed by atoms with Gasteiger partial charge < -0.3 is 14.8 Å². The van der Waals surface area contributed by atoms with Gasteiger partial charge in [0.2, 0.25) is 0 Å². The van der Waals surface area contributed by atoms with E-state index in [9.17, 15) is 13.2 Å². The minimum Gasteiger partial charge on any atom is -0.421 e. The molecular formula is C21H15ClF3N5O2. The van der Waals surface area contributed by atoms with Crippen molar-refractivity contribution in [3.8, 4) is 23.0 Å². The van der Waals surface area contributed by atoms with Gasteiger partial charge in [-0.2, -0.15) is 15.1 Å². The van der Waals surface area contributed by atoms with Gasteiger partial charge in [-0.1, -0.05) is 29.8 Å². The number of nitrogens with zero attached hydrogens (tertiary/aromatic N) is 3. The second-order valence-corrected chi connectivity index (χ2v) is 7.71. The maximum atomic E-state index is 14.6. The predicted octanol–water partition coefficient (Wildman–Crippen LogP) is 4.89. The third-order valence-electron chi connectivity index (χ3n) is 4.92. The molecule has 0 spiro atoms. The fraction of sp³-hybridized carbons (Fsp3) is 0.190. The van der Waals surface area contributed by atoms with E-state index in [1.807, 2.05) is 0 Å². The molecule has 3 heterocycles. The van der Waals surface area contributed by atoms with Crippen molar-refractivity contribution in [2.75, 3.05) is 25.1 Å². The van der Waals surface area contributed by atoms with Crippen molar-refractivity contribution in [1.82, 2.24) is 20.2 Å². The number of benzene rings is 2. The minimum atomic E-state index is -1.55. The number of nitrogens with one attached hydrogen (secondary N) is 2. The molecule has 0 aliphatic carbocycles. The lowest BCUT2D eigenvalue weighted by Gasteiger charge is -2.33. The molecule has 4 aromatic rings. The molecule has 5 rings (SSSR count). The number of halogens is 4. The van der Waals surface area contributed by atoms with Crippen LogP contribution in [-0.4, -0.2) is 45.6 Å². The minimum absolute atomic E-state index is 0.0405. The molecule has 0 saturated carbocycles. The van der Waals surface area contributed by atoms with Gasteiger partial charge in [0, 0.05) is 11.6 Å². The number of ether oxygens (including phenoxy) is 2. The van der Waals surface area contributed by atoms with Crippen LogP contribution in [0, 0.1) is 11.6 Å². The van der Waals surface area contributed by atoms with Crippen LogP contribution in [-0.2, 0) is 4.74 Å². The van der Waals surface area contributed by atoms with Crippen LogP contribution >= 0.6 is 11.6 Å². The Morgan fingerprint density at radius 1 is 1.16 bits per heavy atom. The number of anilines is 1. The molecule has 11 heteroatoms. The number of aromatic amines is 1. The topological polar surface area (TPSA) is 85.0 Å². The average Bonchev–Trinajstić information content (AvgIpc) is 3.17. The first-order valence-corrected chi connectivity index (χ1v) is 9.94. The number of rotatable bonds is 6. The van der Waals surface area contributed by atoms with Crippen molar-refractivity contribution < 1.29 is 22.6 Å². The van der Waals surface area contributed by atoms with Crippen LogP contribution in [0.5, 0.6) is 11.8 Å². The van der Waals surface area contributed by atoms with E-state index in [2.05, 4.69) is 25.5 Å². The number of H-pyrrole nitrogens is 1. The predicted molar refractivity (Wildman–Crippen MR) is 112 cm³/mol. The normalized spacial score (nSPS) is 14.9. The van der Waals surface area contributed by atoms with Crippen LogP contribution in [0.3, 0.4) is 0 Å². The fourth-order valence-electron chi connectivity index (χ4n) is 3.26. The number of fused-ring (bicyclic) bond motifs is 1. The molecule has 0 unspecified atom stereocenters. The zero-order valence-electron chi connectivity index (χ0n) is 16.3. The second-order valence-electron chi connectivity index (χ2n) is 7.30. The summed E-state index contributed by atoms with van der Waals surface area (Å²) in [5.41, 5.74) is -0.222. The van der Waals surface area contributed by atoms with Crippen LogP contribution < -0.4 is 10.1 Å².